The molecular weight excluding hydrogens is 574 g/mol. The average Bonchev–Trinajstić information content (AvgIpc) is 3.50. The number of anilines is 1. The van der Waals surface area contributed by atoms with Gasteiger partial charge in [-0.25, -0.2) is 17.9 Å². The quantitative estimate of drug-likeness (QED) is 0.203. The molecule has 2 N–H and O–H groups in total. The fourth-order valence-corrected chi connectivity index (χ4v) is 6.59. The Morgan fingerprint density at radius 1 is 0.952 bits per heavy atom. The molecule has 0 saturated heterocycles. The number of nitrogens with zero attached hydrogens (tertiary/aromatic N) is 1. The van der Waals surface area contributed by atoms with Crippen LogP contribution < -0.4 is 19.5 Å². The standard InChI is InChI=1S/C32H32ClN3O5S/c1-40-29-15-12-24(21-30(29)41-26-6-2-3-7-26)27(20-22-16-18-34-19-17-22)23-10-13-25(14-11-23)35-32(37)36-42(38,39)31-9-5-4-8-28(31)33/h4-5,8-19,21,26-27H,2-3,6-7,20H2,1H3,(H2,35,36,37). The number of urea groups is 1. The number of aromatic nitrogens is 1. The van der Waals surface area contributed by atoms with Crippen molar-refractivity contribution >= 4 is 33.3 Å². The molecule has 0 spiro atoms. The average molecular weight is 606 g/mol. The van der Waals surface area contributed by atoms with Crippen LogP contribution >= 0.6 is 11.6 Å². The highest BCUT2D eigenvalue weighted by atomic mass is 35.5. The monoisotopic (exact) mass is 605 g/mol. The van der Waals surface area contributed by atoms with Crippen LogP contribution in [0.25, 0.3) is 0 Å². The maximum absolute atomic E-state index is 12.6. The number of carbonyl (C=O) groups excluding carboxylic acids is 1. The molecule has 218 valence electrons. The number of hydrogen-bond acceptors (Lipinski definition) is 6. The number of halogens is 1. The van der Waals surface area contributed by atoms with E-state index in [-0.39, 0.29) is 21.9 Å². The van der Waals surface area contributed by atoms with Crippen molar-refractivity contribution in [3.8, 4) is 11.5 Å². The van der Waals surface area contributed by atoms with Crippen LogP contribution in [0, 0.1) is 0 Å². The van der Waals surface area contributed by atoms with Crippen molar-refractivity contribution in [1.82, 2.24) is 9.71 Å². The van der Waals surface area contributed by atoms with Gasteiger partial charge in [-0.3, -0.25) is 4.98 Å². The molecule has 1 aliphatic carbocycles. The van der Waals surface area contributed by atoms with Crippen LogP contribution in [0.3, 0.4) is 0 Å². The summed E-state index contributed by atoms with van der Waals surface area (Å²) >= 11 is 6.01. The van der Waals surface area contributed by atoms with E-state index in [9.17, 15) is 13.2 Å². The number of ether oxygens (including phenoxy) is 2. The van der Waals surface area contributed by atoms with E-state index in [1.807, 2.05) is 41.1 Å². The van der Waals surface area contributed by atoms with Crippen molar-refractivity contribution in [3.05, 3.63) is 113 Å². The Kier molecular flexibility index (Phi) is 9.29. The lowest BCUT2D eigenvalue weighted by Crippen LogP contribution is -2.34. The second kappa shape index (κ2) is 13.3. The van der Waals surface area contributed by atoms with Crippen LogP contribution in [0.5, 0.6) is 11.5 Å². The molecule has 3 aromatic carbocycles. The molecule has 0 bridgehead atoms. The van der Waals surface area contributed by atoms with Gasteiger partial charge in [-0.05, 0) is 97.3 Å². The Morgan fingerprint density at radius 2 is 1.64 bits per heavy atom. The van der Waals surface area contributed by atoms with Crippen molar-refractivity contribution in [2.45, 2.75) is 49.0 Å². The summed E-state index contributed by atoms with van der Waals surface area (Å²) in [6.07, 6.45) is 8.86. The van der Waals surface area contributed by atoms with Crippen molar-refractivity contribution in [2.75, 3.05) is 12.4 Å². The molecule has 10 heteroatoms. The Bertz CT molecular complexity index is 1630. The number of pyridine rings is 1. The molecule has 1 aromatic heterocycles. The number of rotatable bonds is 10. The van der Waals surface area contributed by atoms with E-state index in [0.717, 1.165) is 35.3 Å². The van der Waals surface area contributed by atoms with Crippen LogP contribution in [0.1, 0.15) is 48.3 Å². The first-order valence-electron chi connectivity index (χ1n) is 13.7. The van der Waals surface area contributed by atoms with Crippen molar-refractivity contribution in [2.24, 2.45) is 0 Å². The lowest BCUT2D eigenvalue weighted by atomic mass is 9.86. The lowest BCUT2D eigenvalue weighted by Gasteiger charge is -2.22. The molecule has 1 heterocycles. The maximum atomic E-state index is 12.6. The molecular formula is C32H32ClN3O5S. The van der Waals surface area contributed by atoms with Crippen LogP contribution in [-0.2, 0) is 16.4 Å². The number of hydrogen-bond donors (Lipinski definition) is 2. The molecule has 5 rings (SSSR count). The van der Waals surface area contributed by atoms with Gasteiger partial charge in [-0.15, -0.1) is 0 Å². The first-order chi connectivity index (χ1) is 20.3. The summed E-state index contributed by atoms with van der Waals surface area (Å²) in [6.45, 7) is 0. The predicted molar refractivity (Wildman–Crippen MR) is 163 cm³/mol. The minimum Gasteiger partial charge on any atom is -0.493 e. The highest BCUT2D eigenvalue weighted by Gasteiger charge is 2.23. The second-order valence-electron chi connectivity index (χ2n) is 10.2. The fourth-order valence-electron chi connectivity index (χ4n) is 5.17. The molecule has 2 amide bonds. The molecule has 0 aliphatic heterocycles. The molecule has 1 atom stereocenters. The summed E-state index contributed by atoms with van der Waals surface area (Å²) in [5, 5.41) is 2.62. The van der Waals surface area contributed by atoms with E-state index in [1.54, 1.807) is 37.7 Å². The summed E-state index contributed by atoms with van der Waals surface area (Å²) in [5.41, 5.74) is 3.63. The summed E-state index contributed by atoms with van der Waals surface area (Å²) < 4.78 is 39.2. The van der Waals surface area contributed by atoms with E-state index >= 15 is 0 Å². The lowest BCUT2D eigenvalue weighted by molar-refractivity contribution is 0.200. The Morgan fingerprint density at radius 3 is 2.33 bits per heavy atom. The van der Waals surface area contributed by atoms with Gasteiger partial charge >= 0.3 is 6.03 Å². The minimum absolute atomic E-state index is 0.0257. The van der Waals surface area contributed by atoms with Crippen molar-refractivity contribution in [3.63, 3.8) is 0 Å². The Labute approximate surface area is 251 Å². The van der Waals surface area contributed by atoms with Gasteiger partial charge < -0.3 is 14.8 Å². The normalized spacial score (nSPS) is 14.2. The molecule has 1 fully saturated rings. The number of carbonyl (C=O) groups is 1. The molecule has 4 aromatic rings. The third-order valence-electron chi connectivity index (χ3n) is 7.30. The highest BCUT2D eigenvalue weighted by Crippen LogP contribution is 2.37. The van der Waals surface area contributed by atoms with Gasteiger partial charge in [0, 0.05) is 24.0 Å². The molecule has 1 aliphatic rings. The van der Waals surface area contributed by atoms with Crippen LogP contribution in [0.2, 0.25) is 5.02 Å². The number of amides is 2. The number of sulfonamides is 1. The maximum Gasteiger partial charge on any atom is 0.333 e. The zero-order chi connectivity index (χ0) is 29.5. The van der Waals surface area contributed by atoms with E-state index in [2.05, 4.69) is 16.4 Å². The smallest absolute Gasteiger partial charge is 0.333 e. The minimum atomic E-state index is -4.14. The van der Waals surface area contributed by atoms with Gasteiger partial charge in [0.05, 0.1) is 18.2 Å². The van der Waals surface area contributed by atoms with Gasteiger partial charge in [0.15, 0.2) is 11.5 Å². The van der Waals surface area contributed by atoms with Crippen molar-refractivity contribution in [1.29, 1.82) is 0 Å². The first kappa shape index (κ1) is 29.4. The zero-order valence-corrected chi connectivity index (χ0v) is 24.7. The first-order valence-corrected chi connectivity index (χ1v) is 15.6. The van der Waals surface area contributed by atoms with Gasteiger partial charge in [0.2, 0.25) is 0 Å². The molecule has 0 radical (unpaired) electrons. The summed E-state index contributed by atoms with van der Waals surface area (Å²) in [5.74, 6) is 1.40. The third kappa shape index (κ3) is 7.21. The van der Waals surface area contributed by atoms with Crippen LogP contribution in [0.15, 0.2) is 96.2 Å². The van der Waals surface area contributed by atoms with E-state index in [4.69, 9.17) is 21.1 Å². The van der Waals surface area contributed by atoms with Gasteiger partial charge in [-0.1, -0.05) is 41.9 Å². The second-order valence-corrected chi connectivity index (χ2v) is 12.2. The Balaban J connectivity index is 1.37. The number of benzene rings is 3. The van der Waals surface area contributed by atoms with Crippen LogP contribution in [-0.4, -0.2) is 32.6 Å². The van der Waals surface area contributed by atoms with Gasteiger partial charge in [0.1, 0.15) is 4.90 Å². The number of methoxy groups -OCH3 is 1. The Hall–Kier alpha value is -4.08. The predicted octanol–water partition coefficient (Wildman–Crippen LogP) is 6.95. The fraction of sp³-hybridized carbons (Fsp3) is 0.250. The summed E-state index contributed by atoms with van der Waals surface area (Å²) in [7, 11) is -2.50. The molecule has 1 unspecified atom stereocenters. The van der Waals surface area contributed by atoms with Crippen molar-refractivity contribution < 1.29 is 22.7 Å². The van der Waals surface area contributed by atoms with Crippen LogP contribution in [0.4, 0.5) is 10.5 Å². The van der Waals surface area contributed by atoms with E-state index in [1.165, 1.54) is 31.0 Å². The molecule has 42 heavy (non-hydrogen) atoms. The van der Waals surface area contributed by atoms with E-state index in [0.29, 0.717) is 17.9 Å². The largest absolute Gasteiger partial charge is 0.493 e. The van der Waals surface area contributed by atoms with Gasteiger partial charge in [0.25, 0.3) is 10.0 Å². The highest BCUT2D eigenvalue weighted by molar-refractivity contribution is 7.90. The zero-order valence-electron chi connectivity index (χ0n) is 23.1. The summed E-state index contributed by atoms with van der Waals surface area (Å²) in [6, 6.07) is 22.4. The molecule has 1 saturated carbocycles. The van der Waals surface area contributed by atoms with Gasteiger partial charge in [-0.2, -0.15) is 0 Å². The van der Waals surface area contributed by atoms with E-state index < -0.39 is 16.1 Å². The topological polar surface area (TPSA) is 107 Å². The summed E-state index contributed by atoms with van der Waals surface area (Å²) in [4.78, 5) is 16.5. The molecule has 8 nitrogen and oxygen atoms in total. The number of nitrogens with one attached hydrogen (secondary N) is 2. The third-order valence-corrected chi connectivity index (χ3v) is 9.13. The SMILES string of the molecule is COc1ccc(C(Cc2ccncc2)c2ccc(NC(=O)NS(=O)(=O)c3ccccc3Cl)cc2)cc1OC1CCCC1.